The molecule has 0 spiro atoms. The first kappa shape index (κ1) is 15.4. The van der Waals surface area contributed by atoms with E-state index in [1.54, 1.807) is 10.8 Å². The molecule has 0 atom stereocenters. The van der Waals surface area contributed by atoms with Gasteiger partial charge in [0.2, 0.25) is 0 Å². The van der Waals surface area contributed by atoms with Crippen LogP contribution < -0.4 is 14.4 Å². The summed E-state index contributed by atoms with van der Waals surface area (Å²) in [5.41, 5.74) is 3.16. The number of fused-ring (bicyclic) bond motifs is 2. The quantitative estimate of drug-likeness (QED) is 0.722. The monoisotopic (exact) mass is 351 g/mol. The number of aromatic nitrogens is 4. The predicted octanol–water partition coefficient (Wildman–Crippen LogP) is 2.42. The Balaban J connectivity index is 1.26. The molecule has 1 aromatic carbocycles. The number of benzene rings is 1. The normalized spacial score (nSPS) is 17.3. The first-order chi connectivity index (χ1) is 12.8. The van der Waals surface area contributed by atoms with Gasteiger partial charge in [0.25, 0.3) is 0 Å². The van der Waals surface area contributed by atoms with Crippen LogP contribution in [-0.2, 0) is 6.42 Å². The molecule has 0 radical (unpaired) electrons. The van der Waals surface area contributed by atoms with Crippen molar-refractivity contribution in [3.8, 4) is 11.5 Å². The molecule has 0 N–H and O–H groups in total. The highest BCUT2D eigenvalue weighted by molar-refractivity contribution is 5.52. The van der Waals surface area contributed by atoms with Gasteiger partial charge >= 0.3 is 0 Å². The first-order valence-corrected chi connectivity index (χ1v) is 9.11. The van der Waals surface area contributed by atoms with Crippen molar-refractivity contribution in [2.75, 3.05) is 24.6 Å². The molecular formula is C19H21N5O2. The van der Waals surface area contributed by atoms with E-state index in [0.717, 1.165) is 67.5 Å². The molecule has 2 aromatic heterocycles. The summed E-state index contributed by atoms with van der Waals surface area (Å²) >= 11 is 0. The summed E-state index contributed by atoms with van der Waals surface area (Å²) < 4.78 is 13.5. The zero-order valence-corrected chi connectivity index (χ0v) is 14.8. The van der Waals surface area contributed by atoms with Crippen molar-refractivity contribution < 1.29 is 9.47 Å². The van der Waals surface area contributed by atoms with Gasteiger partial charge in [0.15, 0.2) is 11.5 Å². The average molecular weight is 351 g/mol. The van der Waals surface area contributed by atoms with E-state index in [-0.39, 0.29) is 6.10 Å². The van der Waals surface area contributed by atoms with E-state index >= 15 is 0 Å². The van der Waals surface area contributed by atoms with E-state index in [9.17, 15) is 0 Å². The molecule has 7 heteroatoms. The van der Waals surface area contributed by atoms with Crippen molar-refractivity contribution in [1.29, 1.82) is 0 Å². The van der Waals surface area contributed by atoms with Crippen LogP contribution in [0, 0.1) is 6.92 Å². The SMILES string of the molecule is Cc1cc2nncn2nc1N1CCC(Oc2ccc3c(c2)CCO3)CC1. The lowest BCUT2D eigenvalue weighted by molar-refractivity contribution is 0.170. The number of nitrogens with zero attached hydrogens (tertiary/aromatic N) is 5. The Labute approximate surface area is 151 Å². The standard InChI is InChI=1S/C19H21N5O2/c1-13-10-18-21-20-12-24(18)22-19(13)23-7-4-15(5-8-23)26-16-2-3-17-14(11-16)6-9-25-17/h2-3,10-12,15H,4-9H2,1H3. The molecule has 5 rings (SSSR count). The van der Waals surface area contributed by atoms with Crippen molar-refractivity contribution in [3.05, 3.63) is 41.7 Å². The van der Waals surface area contributed by atoms with Crippen molar-refractivity contribution in [1.82, 2.24) is 19.8 Å². The molecule has 134 valence electrons. The summed E-state index contributed by atoms with van der Waals surface area (Å²) in [5.74, 6) is 2.96. The highest BCUT2D eigenvalue weighted by Crippen LogP contribution is 2.30. The van der Waals surface area contributed by atoms with Gasteiger partial charge in [-0.1, -0.05) is 0 Å². The molecule has 0 bridgehead atoms. The Morgan fingerprint density at radius 3 is 2.96 bits per heavy atom. The molecule has 2 aliphatic rings. The van der Waals surface area contributed by atoms with E-state index < -0.39 is 0 Å². The fourth-order valence-corrected chi connectivity index (χ4v) is 3.78. The summed E-state index contributed by atoms with van der Waals surface area (Å²) in [6, 6.07) is 8.20. The maximum Gasteiger partial charge on any atom is 0.177 e. The lowest BCUT2D eigenvalue weighted by Crippen LogP contribution is -2.39. The lowest BCUT2D eigenvalue weighted by Gasteiger charge is -2.33. The number of aryl methyl sites for hydroxylation is 1. The third kappa shape index (κ3) is 2.73. The van der Waals surface area contributed by atoms with Gasteiger partial charge in [-0.3, -0.25) is 0 Å². The van der Waals surface area contributed by atoms with Crippen molar-refractivity contribution in [2.45, 2.75) is 32.3 Å². The lowest BCUT2D eigenvalue weighted by atomic mass is 10.1. The van der Waals surface area contributed by atoms with Gasteiger partial charge in [0.1, 0.15) is 23.9 Å². The fourth-order valence-electron chi connectivity index (χ4n) is 3.78. The Kier molecular flexibility index (Phi) is 3.65. The van der Waals surface area contributed by atoms with Crippen LogP contribution >= 0.6 is 0 Å². The highest BCUT2D eigenvalue weighted by Gasteiger charge is 2.24. The molecule has 0 unspecified atom stereocenters. The van der Waals surface area contributed by atoms with E-state index in [0.29, 0.717) is 0 Å². The molecule has 0 amide bonds. The molecule has 4 heterocycles. The first-order valence-electron chi connectivity index (χ1n) is 9.11. The summed E-state index contributed by atoms with van der Waals surface area (Å²) in [4.78, 5) is 2.32. The molecule has 1 fully saturated rings. The minimum atomic E-state index is 0.241. The highest BCUT2D eigenvalue weighted by atomic mass is 16.5. The minimum absolute atomic E-state index is 0.241. The van der Waals surface area contributed by atoms with Gasteiger partial charge in [0, 0.05) is 37.9 Å². The Bertz CT molecular complexity index is 946. The van der Waals surface area contributed by atoms with Crippen molar-refractivity contribution in [2.24, 2.45) is 0 Å². The maximum atomic E-state index is 6.23. The number of ether oxygens (including phenoxy) is 2. The fraction of sp³-hybridized carbons (Fsp3) is 0.421. The van der Waals surface area contributed by atoms with Crippen molar-refractivity contribution >= 4 is 11.5 Å². The Morgan fingerprint density at radius 2 is 2.08 bits per heavy atom. The van der Waals surface area contributed by atoms with E-state index in [1.165, 1.54) is 5.56 Å². The summed E-state index contributed by atoms with van der Waals surface area (Å²) in [6.07, 6.45) is 4.82. The zero-order chi connectivity index (χ0) is 17.5. The number of piperidine rings is 1. The summed E-state index contributed by atoms with van der Waals surface area (Å²) in [7, 11) is 0. The maximum absolute atomic E-state index is 6.23. The van der Waals surface area contributed by atoms with Crippen LogP contribution in [0.25, 0.3) is 5.65 Å². The van der Waals surface area contributed by atoms with Crippen LogP contribution in [0.5, 0.6) is 11.5 Å². The van der Waals surface area contributed by atoms with E-state index in [2.05, 4.69) is 33.2 Å². The minimum Gasteiger partial charge on any atom is -0.493 e. The smallest absolute Gasteiger partial charge is 0.177 e. The second-order valence-electron chi connectivity index (χ2n) is 6.96. The third-order valence-electron chi connectivity index (χ3n) is 5.16. The van der Waals surface area contributed by atoms with Gasteiger partial charge < -0.3 is 14.4 Å². The topological polar surface area (TPSA) is 64.8 Å². The largest absolute Gasteiger partial charge is 0.493 e. The summed E-state index contributed by atoms with van der Waals surface area (Å²) in [5, 5.41) is 12.6. The van der Waals surface area contributed by atoms with Gasteiger partial charge in [-0.25, -0.2) is 0 Å². The van der Waals surface area contributed by atoms with Crippen LogP contribution in [0.15, 0.2) is 30.6 Å². The molecule has 2 aliphatic heterocycles. The van der Waals surface area contributed by atoms with Crippen LogP contribution in [0.4, 0.5) is 5.82 Å². The molecular weight excluding hydrogens is 330 g/mol. The number of rotatable bonds is 3. The Morgan fingerprint density at radius 1 is 1.19 bits per heavy atom. The van der Waals surface area contributed by atoms with Crippen LogP contribution in [0.3, 0.4) is 0 Å². The van der Waals surface area contributed by atoms with E-state index in [4.69, 9.17) is 9.47 Å². The van der Waals surface area contributed by atoms with E-state index in [1.807, 2.05) is 18.2 Å². The molecule has 3 aromatic rings. The van der Waals surface area contributed by atoms with Crippen molar-refractivity contribution in [3.63, 3.8) is 0 Å². The summed E-state index contributed by atoms with van der Waals surface area (Å²) in [6.45, 7) is 4.72. The second-order valence-corrected chi connectivity index (χ2v) is 6.96. The molecule has 26 heavy (non-hydrogen) atoms. The van der Waals surface area contributed by atoms with Gasteiger partial charge in [-0.15, -0.1) is 15.3 Å². The number of anilines is 1. The molecule has 7 nitrogen and oxygen atoms in total. The number of hydrogen-bond acceptors (Lipinski definition) is 6. The van der Waals surface area contributed by atoms with Gasteiger partial charge in [-0.05, 0) is 36.8 Å². The molecule has 1 saturated heterocycles. The average Bonchev–Trinajstić information content (AvgIpc) is 3.30. The van der Waals surface area contributed by atoms with Gasteiger partial charge in [0.05, 0.1) is 6.61 Å². The Hall–Kier alpha value is -2.83. The van der Waals surface area contributed by atoms with Crippen LogP contribution in [0.2, 0.25) is 0 Å². The second kappa shape index (κ2) is 6.16. The predicted molar refractivity (Wildman–Crippen MR) is 97.0 cm³/mol. The molecule has 0 saturated carbocycles. The zero-order valence-electron chi connectivity index (χ0n) is 14.8. The van der Waals surface area contributed by atoms with Crippen LogP contribution in [0.1, 0.15) is 24.0 Å². The number of hydrogen-bond donors (Lipinski definition) is 0. The van der Waals surface area contributed by atoms with Crippen LogP contribution in [-0.4, -0.2) is 45.6 Å². The van der Waals surface area contributed by atoms with Gasteiger partial charge in [-0.2, -0.15) is 4.52 Å². The molecule has 0 aliphatic carbocycles. The third-order valence-corrected chi connectivity index (χ3v) is 5.16.